The third-order valence-corrected chi connectivity index (χ3v) is 6.25. The second-order valence-electron chi connectivity index (χ2n) is 8.52. The molecule has 0 aromatic carbocycles. The second kappa shape index (κ2) is 8.41. The first-order valence-corrected chi connectivity index (χ1v) is 11.0. The largest absolute Gasteiger partial charge is 0.479 e. The van der Waals surface area contributed by atoms with E-state index < -0.39 is 30.5 Å². The fraction of sp³-hybridized carbons (Fsp3) is 0.500. The number of alkyl halides is 2. The van der Waals surface area contributed by atoms with Gasteiger partial charge >= 0.3 is 0 Å². The first-order chi connectivity index (χ1) is 16.3. The number of aryl methyl sites for hydroxylation is 1. The maximum absolute atomic E-state index is 14.3. The highest BCUT2D eigenvalue weighted by molar-refractivity contribution is 5.82. The SMILES string of the molecule is CCn1c(-c2cnc(OC)c(F)c2)nc2c(O[C@H]3CCN(C(=O)C4CC(F)(F)C4)C3)ncnc21. The lowest BCUT2D eigenvalue weighted by Gasteiger charge is -2.36. The minimum atomic E-state index is -2.74. The maximum atomic E-state index is 14.3. The molecule has 1 aliphatic heterocycles. The third-order valence-electron chi connectivity index (χ3n) is 6.25. The number of carbonyl (C=O) groups is 1. The number of aromatic nitrogens is 5. The summed E-state index contributed by atoms with van der Waals surface area (Å²) >= 11 is 0. The van der Waals surface area contributed by atoms with Gasteiger partial charge in [-0.25, -0.2) is 28.1 Å². The van der Waals surface area contributed by atoms with E-state index in [0.717, 1.165) is 0 Å². The predicted molar refractivity (Wildman–Crippen MR) is 114 cm³/mol. The van der Waals surface area contributed by atoms with Crippen molar-refractivity contribution >= 4 is 17.1 Å². The summed E-state index contributed by atoms with van der Waals surface area (Å²) < 4.78 is 53.3. The molecule has 1 atom stereocenters. The van der Waals surface area contributed by atoms with Crippen molar-refractivity contribution in [3.8, 4) is 23.1 Å². The standard InChI is InChI=1S/C22H23F3N6O3/c1-3-31-17(12-6-15(23)19(33-2)26-9-12)29-16-18(31)27-11-28-20(16)34-14-4-5-30(10-14)21(32)13-7-22(24,25)8-13/h6,9,11,13-14H,3-5,7-8,10H2,1-2H3/t14-/m0/s1. The summed E-state index contributed by atoms with van der Waals surface area (Å²) in [5.41, 5.74) is 1.36. The number of pyridine rings is 1. The lowest BCUT2D eigenvalue weighted by atomic mass is 9.80. The average molecular weight is 476 g/mol. The van der Waals surface area contributed by atoms with Crippen LogP contribution in [0.3, 0.4) is 0 Å². The molecule has 1 aliphatic carbocycles. The number of nitrogens with zero attached hydrogens (tertiary/aromatic N) is 6. The van der Waals surface area contributed by atoms with E-state index in [1.54, 1.807) is 9.47 Å². The molecule has 5 rings (SSSR count). The smallest absolute Gasteiger partial charge is 0.250 e. The highest BCUT2D eigenvalue weighted by Crippen LogP contribution is 2.43. The summed E-state index contributed by atoms with van der Waals surface area (Å²) in [6.07, 6.45) is 2.24. The summed E-state index contributed by atoms with van der Waals surface area (Å²) in [6, 6.07) is 1.29. The number of halogens is 3. The van der Waals surface area contributed by atoms with Gasteiger partial charge in [-0.15, -0.1) is 0 Å². The fourth-order valence-electron chi connectivity index (χ4n) is 4.50. The molecule has 0 spiro atoms. The first kappa shape index (κ1) is 22.4. The number of ether oxygens (including phenoxy) is 2. The zero-order valence-corrected chi connectivity index (χ0v) is 18.7. The van der Waals surface area contributed by atoms with Crippen LogP contribution in [0.15, 0.2) is 18.6 Å². The van der Waals surface area contributed by atoms with Gasteiger partial charge in [0.2, 0.25) is 23.6 Å². The second-order valence-corrected chi connectivity index (χ2v) is 8.52. The van der Waals surface area contributed by atoms with E-state index in [4.69, 9.17) is 9.47 Å². The number of hydrogen-bond donors (Lipinski definition) is 0. The van der Waals surface area contributed by atoms with Gasteiger partial charge in [0.05, 0.1) is 13.7 Å². The Kier molecular flexibility index (Phi) is 5.53. The Morgan fingerprint density at radius 1 is 1.24 bits per heavy atom. The number of hydrogen-bond acceptors (Lipinski definition) is 7. The first-order valence-electron chi connectivity index (χ1n) is 11.0. The molecule has 3 aromatic rings. The molecule has 0 bridgehead atoms. The number of carbonyl (C=O) groups excluding carboxylic acids is 1. The Balaban J connectivity index is 1.38. The van der Waals surface area contributed by atoms with E-state index in [1.165, 1.54) is 25.7 Å². The van der Waals surface area contributed by atoms with Gasteiger partial charge in [0.25, 0.3) is 0 Å². The normalized spacial score (nSPS) is 19.9. The Bertz CT molecular complexity index is 1240. The maximum Gasteiger partial charge on any atom is 0.250 e. The molecule has 1 saturated heterocycles. The van der Waals surface area contributed by atoms with Crippen molar-refractivity contribution in [1.82, 2.24) is 29.4 Å². The molecule has 180 valence electrons. The molecule has 0 unspecified atom stereocenters. The molecule has 4 heterocycles. The number of amides is 1. The van der Waals surface area contributed by atoms with Crippen LogP contribution in [0.4, 0.5) is 13.2 Å². The lowest BCUT2D eigenvalue weighted by Crippen LogP contribution is -2.46. The van der Waals surface area contributed by atoms with Gasteiger partial charge in [-0.3, -0.25) is 4.79 Å². The van der Waals surface area contributed by atoms with Crippen LogP contribution < -0.4 is 9.47 Å². The van der Waals surface area contributed by atoms with Crippen molar-refractivity contribution in [1.29, 1.82) is 0 Å². The minimum absolute atomic E-state index is 0.113. The number of fused-ring (bicyclic) bond motifs is 1. The van der Waals surface area contributed by atoms with E-state index in [-0.39, 0.29) is 23.8 Å². The molecule has 2 aliphatic rings. The molecule has 2 fully saturated rings. The Labute approximate surface area is 192 Å². The summed E-state index contributed by atoms with van der Waals surface area (Å²) in [5.74, 6) is -3.64. The number of rotatable bonds is 6. The summed E-state index contributed by atoms with van der Waals surface area (Å²) in [6.45, 7) is 3.14. The predicted octanol–water partition coefficient (Wildman–Crippen LogP) is 3.08. The third kappa shape index (κ3) is 3.90. The number of methoxy groups -OCH3 is 1. The van der Waals surface area contributed by atoms with E-state index in [0.29, 0.717) is 48.6 Å². The van der Waals surface area contributed by atoms with Crippen molar-refractivity contribution in [2.24, 2.45) is 5.92 Å². The van der Waals surface area contributed by atoms with Gasteiger partial charge in [0.15, 0.2) is 17.0 Å². The van der Waals surface area contributed by atoms with E-state index >= 15 is 0 Å². The Hall–Kier alpha value is -3.44. The molecule has 9 nitrogen and oxygen atoms in total. The number of imidazole rings is 1. The topological polar surface area (TPSA) is 95.3 Å². The van der Waals surface area contributed by atoms with Crippen molar-refractivity contribution in [3.63, 3.8) is 0 Å². The highest BCUT2D eigenvalue weighted by Gasteiger charge is 2.50. The average Bonchev–Trinajstić information content (AvgIpc) is 3.42. The van der Waals surface area contributed by atoms with Crippen LogP contribution in [0, 0.1) is 11.7 Å². The molecule has 3 aromatic heterocycles. The molecule has 12 heteroatoms. The Morgan fingerprint density at radius 2 is 2.03 bits per heavy atom. The van der Waals surface area contributed by atoms with Crippen molar-refractivity contribution in [2.45, 2.75) is 44.8 Å². The molecule has 1 amide bonds. The fourth-order valence-corrected chi connectivity index (χ4v) is 4.50. The van der Waals surface area contributed by atoms with Gasteiger partial charge in [-0.2, -0.15) is 4.98 Å². The minimum Gasteiger partial charge on any atom is -0.479 e. The highest BCUT2D eigenvalue weighted by atomic mass is 19.3. The molecule has 1 saturated carbocycles. The van der Waals surface area contributed by atoms with E-state index in [1.807, 2.05) is 6.92 Å². The monoisotopic (exact) mass is 476 g/mol. The number of likely N-dealkylation sites (tertiary alicyclic amines) is 1. The summed E-state index contributed by atoms with van der Waals surface area (Å²) in [5, 5.41) is 0. The molecule has 0 N–H and O–H groups in total. The molecule has 34 heavy (non-hydrogen) atoms. The zero-order chi connectivity index (χ0) is 24.0. The van der Waals surface area contributed by atoms with Crippen LogP contribution in [0.2, 0.25) is 0 Å². The van der Waals surface area contributed by atoms with E-state index in [2.05, 4.69) is 19.9 Å². The van der Waals surface area contributed by atoms with Crippen LogP contribution >= 0.6 is 0 Å². The van der Waals surface area contributed by atoms with Crippen LogP contribution in [-0.4, -0.2) is 67.5 Å². The molecular weight excluding hydrogens is 453 g/mol. The van der Waals surface area contributed by atoms with E-state index in [9.17, 15) is 18.0 Å². The molecule has 0 radical (unpaired) electrons. The van der Waals surface area contributed by atoms with Crippen molar-refractivity contribution in [2.75, 3.05) is 20.2 Å². The molecular formula is C22H23F3N6O3. The summed E-state index contributed by atoms with van der Waals surface area (Å²) in [4.78, 5) is 31.2. The van der Waals surface area contributed by atoms with Crippen molar-refractivity contribution in [3.05, 3.63) is 24.4 Å². The zero-order valence-electron chi connectivity index (χ0n) is 18.7. The van der Waals surface area contributed by atoms with Gasteiger partial charge in [-0.1, -0.05) is 0 Å². The van der Waals surface area contributed by atoms with Gasteiger partial charge < -0.3 is 18.9 Å². The Morgan fingerprint density at radius 3 is 2.71 bits per heavy atom. The van der Waals surface area contributed by atoms with Gasteiger partial charge in [-0.05, 0) is 13.0 Å². The van der Waals surface area contributed by atoms with Crippen molar-refractivity contribution < 1.29 is 27.4 Å². The summed E-state index contributed by atoms with van der Waals surface area (Å²) in [7, 11) is 1.34. The van der Waals surface area contributed by atoms with Gasteiger partial charge in [0.1, 0.15) is 18.3 Å². The van der Waals surface area contributed by atoms with Crippen LogP contribution in [0.1, 0.15) is 26.2 Å². The quantitative estimate of drug-likeness (QED) is 0.540. The van der Waals surface area contributed by atoms with Crippen LogP contribution in [-0.2, 0) is 11.3 Å². The van der Waals surface area contributed by atoms with Crippen LogP contribution in [0.5, 0.6) is 11.8 Å². The van der Waals surface area contributed by atoms with Crippen LogP contribution in [0.25, 0.3) is 22.6 Å². The lowest BCUT2D eigenvalue weighted by molar-refractivity contribution is -0.159. The van der Waals surface area contributed by atoms with Gasteiger partial charge in [0, 0.05) is 50.0 Å².